The summed E-state index contributed by atoms with van der Waals surface area (Å²) in [6, 6.07) is 14.1. The molecule has 2 aromatic rings. The van der Waals surface area contributed by atoms with Crippen molar-refractivity contribution in [2.24, 2.45) is 0 Å². The van der Waals surface area contributed by atoms with E-state index >= 15 is 0 Å². The van der Waals surface area contributed by atoms with Gasteiger partial charge in [-0.05, 0) is 55.2 Å². The van der Waals surface area contributed by atoms with Crippen molar-refractivity contribution in [3.63, 3.8) is 0 Å². The number of hydrogen-bond acceptors (Lipinski definition) is 4. The first-order valence-corrected chi connectivity index (χ1v) is 10.1. The summed E-state index contributed by atoms with van der Waals surface area (Å²) in [5.74, 6) is 2.56. The van der Waals surface area contributed by atoms with Crippen LogP contribution in [0.1, 0.15) is 43.7 Å². The molecule has 0 unspecified atom stereocenters. The highest BCUT2D eigenvalue weighted by atomic mass is 16.7. The molecular weight excluding hydrogens is 354 g/mol. The van der Waals surface area contributed by atoms with Crippen LogP contribution in [0.15, 0.2) is 42.5 Å². The first kappa shape index (κ1) is 18.7. The van der Waals surface area contributed by atoms with Gasteiger partial charge in [0, 0.05) is 12.6 Å². The molecule has 28 heavy (non-hydrogen) atoms. The number of fused-ring (bicyclic) bond motifs is 1. The Bertz CT molecular complexity index is 812. The Morgan fingerprint density at radius 2 is 1.75 bits per heavy atom. The van der Waals surface area contributed by atoms with Crippen LogP contribution in [0.3, 0.4) is 0 Å². The third-order valence-electron chi connectivity index (χ3n) is 5.47. The fourth-order valence-corrected chi connectivity index (χ4v) is 4.02. The average molecular weight is 381 g/mol. The molecule has 0 aromatic heterocycles. The lowest BCUT2D eigenvalue weighted by Gasteiger charge is -2.29. The van der Waals surface area contributed by atoms with Gasteiger partial charge in [0.1, 0.15) is 5.75 Å². The Kier molecular flexibility index (Phi) is 5.70. The van der Waals surface area contributed by atoms with Crippen LogP contribution in [-0.4, -0.2) is 30.2 Å². The van der Waals surface area contributed by atoms with Crippen molar-refractivity contribution in [2.75, 3.05) is 13.4 Å². The van der Waals surface area contributed by atoms with Crippen LogP contribution in [-0.2, 0) is 17.8 Å². The zero-order chi connectivity index (χ0) is 19.3. The quantitative estimate of drug-likeness (QED) is 0.716. The number of nitrogens with zero attached hydrogens (tertiary/aromatic N) is 1. The highest BCUT2D eigenvalue weighted by Gasteiger charge is 2.27. The van der Waals surface area contributed by atoms with E-state index in [1.165, 1.54) is 12.8 Å². The summed E-state index contributed by atoms with van der Waals surface area (Å²) in [5, 5.41) is 0. The number of carbonyl (C=O) groups excluding carboxylic acids is 1. The van der Waals surface area contributed by atoms with Crippen molar-refractivity contribution in [3.8, 4) is 17.2 Å². The number of amides is 1. The first-order valence-electron chi connectivity index (χ1n) is 10.1. The molecule has 4 rings (SSSR count). The van der Waals surface area contributed by atoms with Crippen molar-refractivity contribution in [3.05, 3.63) is 53.6 Å². The van der Waals surface area contributed by atoms with E-state index in [9.17, 15) is 4.79 Å². The molecule has 0 bridgehead atoms. The second-order valence-electron chi connectivity index (χ2n) is 7.40. The standard InChI is InChI=1S/C23H27NO4/c1-2-26-20-10-7-17(8-11-20)14-23(25)24(19-5-3-4-6-19)15-18-9-12-21-22(13-18)28-16-27-21/h7-13,19H,2-6,14-16H2,1H3. The van der Waals surface area contributed by atoms with Crippen molar-refractivity contribution in [1.82, 2.24) is 4.90 Å². The summed E-state index contributed by atoms with van der Waals surface area (Å²) in [4.78, 5) is 15.2. The predicted octanol–water partition coefficient (Wildman–Crippen LogP) is 4.33. The van der Waals surface area contributed by atoms with Gasteiger partial charge in [-0.15, -0.1) is 0 Å². The van der Waals surface area contributed by atoms with Crippen molar-refractivity contribution < 1.29 is 19.0 Å². The topological polar surface area (TPSA) is 48.0 Å². The van der Waals surface area contributed by atoms with E-state index in [1.807, 2.05) is 49.4 Å². The van der Waals surface area contributed by atoms with E-state index in [4.69, 9.17) is 14.2 Å². The van der Waals surface area contributed by atoms with E-state index in [1.54, 1.807) is 0 Å². The van der Waals surface area contributed by atoms with Gasteiger partial charge in [0.05, 0.1) is 13.0 Å². The molecule has 0 radical (unpaired) electrons. The minimum atomic E-state index is 0.175. The molecule has 2 aromatic carbocycles. The molecule has 1 heterocycles. The fraction of sp³-hybridized carbons (Fsp3) is 0.435. The molecule has 1 saturated carbocycles. The second-order valence-corrected chi connectivity index (χ2v) is 7.40. The smallest absolute Gasteiger partial charge is 0.231 e. The molecule has 1 aliphatic heterocycles. The summed E-state index contributed by atoms with van der Waals surface area (Å²) < 4.78 is 16.4. The average Bonchev–Trinajstić information content (AvgIpc) is 3.39. The zero-order valence-corrected chi connectivity index (χ0v) is 16.4. The molecule has 1 amide bonds. The molecule has 0 atom stereocenters. The lowest BCUT2D eigenvalue weighted by Crippen LogP contribution is -2.39. The second kappa shape index (κ2) is 8.55. The van der Waals surface area contributed by atoms with E-state index in [0.717, 1.165) is 41.2 Å². The first-order chi connectivity index (χ1) is 13.7. The van der Waals surface area contributed by atoms with Gasteiger partial charge in [-0.3, -0.25) is 4.79 Å². The summed E-state index contributed by atoms with van der Waals surface area (Å²) >= 11 is 0. The maximum atomic E-state index is 13.2. The fourth-order valence-electron chi connectivity index (χ4n) is 4.02. The van der Waals surface area contributed by atoms with Crippen molar-refractivity contribution >= 4 is 5.91 Å². The highest BCUT2D eigenvalue weighted by Crippen LogP contribution is 2.34. The van der Waals surface area contributed by atoms with Gasteiger partial charge in [0.15, 0.2) is 11.5 Å². The number of rotatable bonds is 7. The Morgan fingerprint density at radius 1 is 1.04 bits per heavy atom. The molecule has 0 spiro atoms. The Balaban J connectivity index is 1.48. The van der Waals surface area contributed by atoms with Gasteiger partial charge in [0.25, 0.3) is 0 Å². The molecule has 5 nitrogen and oxygen atoms in total. The van der Waals surface area contributed by atoms with Gasteiger partial charge in [-0.25, -0.2) is 0 Å². The third-order valence-corrected chi connectivity index (χ3v) is 5.47. The van der Waals surface area contributed by atoms with E-state index in [-0.39, 0.29) is 12.7 Å². The van der Waals surface area contributed by atoms with Crippen molar-refractivity contribution in [2.45, 2.75) is 51.6 Å². The molecule has 1 aliphatic carbocycles. The van der Waals surface area contributed by atoms with Crippen LogP contribution < -0.4 is 14.2 Å². The normalized spacial score (nSPS) is 15.6. The monoisotopic (exact) mass is 381 g/mol. The third kappa shape index (κ3) is 4.24. The van der Waals surface area contributed by atoms with Crippen LogP contribution >= 0.6 is 0 Å². The Morgan fingerprint density at radius 3 is 2.50 bits per heavy atom. The van der Waals surface area contributed by atoms with Crippen LogP contribution in [0.5, 0.6) is 17.2 Å². The summed E-state index contributed by atoms with van der Waals surface area (Å²) in [7, 11) is 0. The Labute approximate surface area is 166 Å². The lowest BCUT2D eigenvalue weighted by atomic mass is 10.1. The van der Waals surface area contributed by atoms with Crippen LogP contribution in [0.2, 0.25) is 0 Å². The van der Waals surface area contributed by atoms with E-state index in [2.05, 4.69) is 4.90 Å². The van der Waals surface area contributed by atoms with Gasteiger partial charge < -0.3 is 19.1 Å². The van der Waals surface area contributed by atoms with Crippen LogP contribution in [0, 0.1) is 0 Å². The molecule has 5 heteroatoms. The van der Waals surface area contributed by atoms with E-state index in [0.29, 0.717) is 25.6 Å². The van der Waals surface area contributed by atoms with Gasteiger partial charge >= 0.3 is 0 Å². The maximum Gasteiger partial charge on any atom is 0.231 e. The number of carbonyl (C=O) groups is 1. The summed E-state index contributed by atoms with van der Waals surface area (Å²) in [5.41, 5.74) is 2.10. The molecule has 2 aliphatic rings. The van der Waals surface area contributed by atoms with Gasteiger partial charge in [0.2, 0.25) is 12.7 Å². The molecule has 0 saturated heterocycles. The maximum absolute atomic E-state index is 13.2. The minimum absolute atomic E-state index is 0.175. The van der Waals surface area contributed by atoms with E-state index < -0.39 is 0 Å². The van der Waals surface area contributed by atoms with Gasteiger partial charge in [-0.2, -0.15) is 0 Å². The number of benzene rings is 2. The number of hydrogen-bond donors (Lipinski definition) is 0. The van der Waals surface area contributed by atoms with Crippen molar-refractivity contribution in [1.29, 1.82) is 0 Å². The zero-order valence-electron chi connectivity index (χ0n) is 16.4. The SMILES string of the molecule is CCOc1ccc(CC(=O)N(Cc2ccc3c(c2)OCO3)C2CCCC2)cc1. The molecule has 1 fully saturated rings. The number of ether oxygens (including phenoxy) is 3. The summed E-state index contributed by atoms with van der Waals surface area (Å²) in [6.45, 7) is 3.48. The lowest BCUT2D eigenvalue weighted by molar-refractivity contribution is -0.133. The highest BCUT2D eigenvalue weighted by molar-refractivity contribution is 5.79. The largest absolute Gasteiger partial charge is 0.494 e. The Hall–Kier alpha value is -2.69. The van der Waals surface area contributed by atoms with Crippen LogP contribution in [0.4, 0.5) is 0 Å². The summed E-state index contributed by atoms with van der Waals surface area (Å²) in [6.07, 6.45) is 4.96. The predicted molar refractivity (Wildman–Crippen MR) is 107 cm³/mol. The minimum Gasteiger partial charge on any atom is -0.494 e. The molecule has 0 N–H and O–H groups in total. The van der Waals surface area contributed by atoms with Crippen LogP contribution in [0.25, 0.3) is 0 Å². The molecular formula is C23H27NO4. The van der Waals surface area contributed by atoms with Gasteiger partial charge in [-0.1, -0.05) is 31.0 Å². The molecule has 148 valence electrons.